The maximum atomic E-state index is 13.2. The van der Waals surface area contributed by atoms with Crippen LogP contribution >= 0.6 is 11.6 Å². The molecular formula is C22H16ClNO3. The molecule has 1 heterocycles. The van der Waals surface area contributed by atoms with Crippen LogP contribution in [0.2, 0.25) is 5.02 Å². The predicted molar refractivity (Wildman–Crippen MR) is 104 cm³/mol. The van der Waals surface area contributed by atoms with Crippen molar-refractivity contribution in [2.75, 3.05) is 4.90 Å². The first-order valence-electron chi connectivity index (χ1n) is 8.51. The number of anilines is 1. The highest BCUT2D eigenvalue weighted by atomic mass is 35.5. The summed E-state index contributed by atoms with van der Waals surface area (Å²) in [4.78, 5) is 27.3. The van der Waals surface area contributed by atoms with E-state index in [0.717, 1.165) is 10.5 Å². The van der Waals surface area contributed by atoms with Gasteiger partial charge in [-0.15, -0.1) is 0 Å². The first-order chi connectivity index (χ1) is 13.0. The zero-order valence-corrected chi connectivity index (χ0v) is 15.1. The molecule has 0 aromatic heterocycles. The number of hydrogen-bond donors (Lipinski definition) is 1. The Balaban J connectivity index is 1.77. The highest BCUT2D eigenvalue weighted by Gasteiger charge is 2.51. The van der Waals surface area contributed by atoms with Crippen molar-refractivity contribution >= 4 is 29.1 Å². The molecule has 4 nitrogen and oxygen atoms in total. The first kappa shape index (κ1) is 17.5. The van der Waals surface area contributed by atoms with Crippen LogP contribution in [0, 0.1) is 0 Å². The third-order valence-electron chi connectivity index (χ3n) is 4.74. The topological polar surface area (TPSA) is 57.6 Å². The molecule has 0 spiro atoms. The zero-order valence-electron chi connectivity index (χ0n) is 14.3. The van der Waals surface area contributed by atoms with Crippen molar-refractivity contribution in [1.82, 2.24) is 0 Å². The van der Waals surface area contributed by atoms with Crippen molar-refractivity contribution in [2.24, 2.45) is 0 Å². The Morgan fingerprint density at radius 3 is 2.26 bits per heavy atom. The largest absolute Gasteiger partial charge is 0.375 e. The number of carbonyl (C=O) groups is 2. The molecule has 1 aliphatic rings. The minimum atomic E-state index is -1.79. The number of halogens is 1. The molecular weight excluding hydrogens is 362 g/mol. The summed E-state index contributed by atoms with van der Waals surface area (Å²) in [6, 6.07) is 22.4. The van der Waals surface area contributed by atoms with Gasteiger partial charge in [0.1, 0.15) is 0 Å². The number of aliphatic hydroxyl groups is 1. The monoisotopic (exact) mass is 377 g/mol. The van der Waals surface area contributed by atoms with Gasteiger partial charge in [-0.05, 0) is 35.9 Å². The van der Waals surface area contributed by atoms with E-state index in [0.29, 0.717) is 21.8 Å². The quantitative estimate of drug-likeness (QED) is 0.703. The zero-order chi connectivity index (χ0) is 19.0. The van der Waals surface area contributed by atoms with Gasteiger partial charge in [0, 0.05) is 22.6 Å². The van der Waals surface area contributed by atoms with Gasteiger partial charge in [0.2, 0.25) is 0 Å². The van der Waals surface area contributed by atoms with E-state index in [1.54, 1.807) is 48.5 Å². The Kier molecular flexibility index (Phi) is 4.30. The third kappa shape index (κ3) is 2.93. The van der Waals surface area contributed by atoms with E-state index >= 15 is 0 Å². The molecule has 0 radical (unpaired) electrons. The van der Waals surface area contributed by atoms with Crippen LogP contribution in [-0.2, 0) is 16.8 Å². The van der Waals surface area contributed by atoms with E-state index in [2.05, 4.69) is 0 Å². The maximum Gasteiger partial charge on any atom is 0.271 e. The van der Waals surface area contributed by atoms with Crippen molar-refractivity contribution < 1.29 is 14.7 Å². The second kappa shape index (κ2) is 6.65. The van der Waals surface area contributed by atoms with Crippen LogP contribution in [0.25, 0.3) is 0 Å². The Hall–Kier alpha value is -2.95. The molecule has 1 aliphatic heterocycles. The number of fused-ring (bicyclic) bond motifs is 1. The van der Waals surface area contributed by atoms with Crippen molar-refractivity contribution in [3.63, 3.8) is 0 Å². The van der Waals surface area contributed by atoms with E-state index in [1.807, 2.05) is 30.3 Å². The molecule has 2 amide bonds. The highest BCUT2D eigenvalue weighted by Crippen LogP contribution is 2.42. The number of carbonyl (C=O) groups excluding carboxylic acids is 2. The fourth-order valence-electron chi connectivity index (χ4n) is 3.41. The molecule has 3 aromatic carbocycles. The van der Waals surface area contributed by atoms with E-state index in [1.165, 1.54) is 0 Å². The molecule has 0 bridgehead atoms. The van der Waals surface area contributed by atoms with E-state index in [4.69, 9.17) is 11.6 Å². The molecule has 0 saturated carbocycles. The fraction of sp³-hybridized carbons (Fsp3) is 0.0909. The summed E-state index contributed by atoms with van der Waals surface area (Å²) in [5, 5.41) is 11.8. The normalized spacial score (nSPS) is 18.4. The molecule has 0 fully saturated rings. The Morgan fingerprint density at radius 1 is 0.926 bits per heavy atom. The number of hydrogen-bond acceptors (Lipinski definition) is 3. The van der Waals surface area contributed by atoms with Crippen LogP contribution in [0.1, 0.15) is 21.5 Å². The molecule has 4 rings (SSSR count). The predicted octanol–water partition coefficient (Wildman–Crippen LogP) is 3.96. The van der Waals surface area contributed by atoms with E-state index < -0.39 is 17.4 Å². The van der Waals surface area contributed by atoms with Crippen LogP contribution in [-0.4, -0.2) is 16.9 Å². The third-order valence-corrected chi connectivity index (χ3v) is 5.00. The summed E-state index contributed by atoms with van der Waals surface area (Å²) in [5.74, 6) is -1.14. The molecule has 0 saturated heterocycles. The lowest BCUT2D eigenvalue weighted by molar-refractivity contribution is -0.135. The van der Waals surface area contributed by atoms with Crippen LogP contribution < -0.4 is 4.90 Å². The average molecular weight is 378 g/mol. The van der Waals surface area contributed by atoms with Crippen molar-refractivity contribution in [1.29, 1.82) is 0 Å². The van der Waals surface area contributed by atoms with Gasteiger partial charge in [0.25, 0.3) is 11.8 Å². The van der Waals surface area contributed by atoms with Gasteiger partial charge in [-0.2, -0.15) is 0 Å². The standard InChI is InChI=1S/C22H16ClNO3/c23-17-12-10-16(11-13-17)20(25)24-19-9-5-4-8-18(19)22(27,21(24)26)14-15-6-2-1-3-7-15/h1-13,27H,14H2. The maximum absolute atomic E-state index is 13.2. The summed E-state index contributed by atoms with van der Waals surface area (Å²) >= 11 is 5.89. The summed E-state index contributed by atoms with van der Waals surface area (Å²) in [6.07, 6.45) is 0.0914. The molecule has 1 atom stereocenters. The lowest BCUT2D eigenvalue weighted by atomic mass is 9.88. The second-order valence-electron chi connectivity index (χ2n) is 6.49. The average Bonchev–Trinajstić information content (AvgIpc) is 2.90. The van der Waals surface area contributed by atoms with Gasteiger partial charge >= 0.3 is 0 Å². The molecule has 1 unspecified atom stereocenters. The Bertz CT molecular complexity index is 1020. The summed E-state index contributed by atoms with van der Waals surface area (Å²) in [6.45, 7) is 0. The number of rotatable bonds is 3. The minimum Gasteiger partial charge on any atom is -0.375 e. The van der Waals surface area contributed by atoms with Crippen LogP contribution in [0.3, 0.4) is 0 Å². The smallest absolute Gasteiger partial charge is 0.271 e. The first-order valence-corrected chi connectivity index (χ1v) is 8.89. The van der Waals surface area contributed by atoms with Gasteiger partial charge in [0.05, 0.1) is 5.69 Å². The van der Waals surface area contributed by atoms with Gasteiger partial charge < -0.3 is 5.11 Å². The molecule has 3 aromatic rings. The summed E-state index contributed by atoms with van der Waals surface area (Å²) in [5.41, 5.74) is 0.178. The Labute approximate surface area is 161 Å². The molecule has 1 N–H and O–H groups in total. The SMILES string of the molecule is O=C(c1ccc(Cl)cc1)N1C(=O)C(O)(Cc2ccccc2)c2ccccc21. The van der Waals surface area contributed by atoms with Crippen LogP contribution in [0.4, 0.5) is 5.69 Å². The summed E-state index contributed by atoms with van der Waals surface area (Å²) < 4.78 is 0. The lowest BCUT2D eigenvalue weighted by Crippen LogP contribution is -2.44. The van der Waals surface area contributed by atoms with Crippen LogP contribution in [0.15, 0.2) is 78.9 Å². The number of benzene rings is 3. The lowest BCUT2D eigenvalue weighted by Gasteiger charge is -2.22. The van der Waals surface area contributed by atoms with Crippen molar-refractivity contribution in [3.8, 4) is 0 Å². The minimum absolute atomic E-state index is 0.0914. The van der Waals surface area contributed by atoms with Gasteiger partial charge in [-0.1, -0.05) is 60.1 Å². The number of imide groups is 1. The van der Waals surface area contributed by atoms with Gasteiger partial charge in [0.15, 0.2) is 5.60 Å². The van der Waals surface area contributed by atoms with Crippen LogP contribution in [0.5, 0.6) is 0 Å². The molecule has 27 heavy (non-hydrogen) atoms. The summed E-state index contributed by atoms with van der Waals surface area (Å²) in [7, 11) is 0. The second-order valence-corrected chi connectivity index (χ2v) is 6.93. The van der Waals surface area contributed by atoms with Crippen molar-refractivity contribution in [2.45, 2.75) is 12.0 Å². The van der Waals surface area contributed by atoms with Crippen molar-refractivity contribution in [3.05, 3.63) is 101 Å². The van der Waals surface area contributed by atoms with Gasteiger partial charge in [-0.25, -0.2) is 4.90 Å². The highest BCUT2D eigenvalue weighted by molar-refractivity contribution is 6.31. The fourth-order valence-corrected chi connectivity index (χ4v) is 3.54. The van der Waals surface area contributed by atoms with E-state index in [9.17, 15) is 14.7 Å². The molecule has 134 valence electrons. The molecule has 5 heteroatoms. The number of para-hydroxylation sites is 1. The Morgan fingerprint density at radius 2 is 1.56 bits per heavy atom. The number of amides is 2. The van der Waals surface area contributed by atoms with E-state index in [-0.39, 0.29) is 6.42 Å². The molecule has 0 aliphatic carbocycles. The number of nitrogens with zero attached hydrogens (tertiary/aromatic N) is 1. The van der Waals surface area contributed by atoms with Gasteiger partial charge in [-0.3, -0.25) is 9.59 Å².